The lowest BCUT2D eigenvalue weighted by Gasteiger charge is -2.17. The Balaban J connectivity index is 2.76. The molecule has 1 heterocycles. The molecule has 2 rings (SSSR count). The molecule has 3 N–H and O–H groups in total. The molecule has 0 saturated heterocycles. The number of alkyl halides is 3. The lowest BCUT2D eigenvalue weighted by atomic mass is 10.0. The molecule has 108 valence electrons. The van der Waals surface area contributed by atoms with Crippen LogP contribution in [-0.4, -0.2) is 24.4 Å². The minimum absolute atomic E-state index is 0.0497. The predicted molar refractivity (Wildman–Crippen MR) is 66.5 cm³/mol. The fraction of sp³-hybridized carbons (Fsp3) is 0.250. The summed E-state index contributed by atoms with van der Waals surface area (Å²) in [6.07, 6.45) is -3.25. The van der Waals surface area contributed by atoms with Crippen molar-refractivity contribution in [2.45, 2.75) is 6.18 Å². The van der Waals surface area contributed by atoms with E-state index in [0.29, 0.717) is 5.56 Å². The van der Waals surface area contributed by atoms with Crippen LogP contribution >= 0.6 is 0 Å². The number of benzene rings is 1. The molecule has 0 fully saturated rings. The van der Waals surface area contributed by atoms with Gasteiger partial charge in [0.25, 0.3) is 0 Å². The number of nitrogen functional groups attached to an aromatic ring is 1. The van der Waals surface area contributed by atoms with E-state index in [1.807, 2.05) is 0 Å². The van der Waals surface area contributed by atoms with E-state index in [0.717, 1.165) is 13.2 Å². The molecule has 1 aromatic carbocycles. The van der Waals surface area contributed by atoms with Crippen molar-refractivity contribution < 1.29 is 22.6 Å². The van der Waals surface area contributed by atoms with Gasteiger partial charge in [-0.15, -0.1) is 0 Å². The number of methoxy groups -OCH3 is 2. The molecule has 2 aromatic rings. The number of nitrogens with zero attached hydrogens (tertiary/aromatic N) is 1. The zero-order valence-electron chi connectivity index (χ0n) is 10.7. The Morgan fingerprint density at radius 2 is 1.85 bits per heavy atom. The first kappa shape index (κ1) is 14.0. The maximum absolute atomic E-state index is 13.1. The van der Waals surface area contributed by atoms with Crippen LogP contribution < -0.4 is 15.2 Å². The van der Waals surface area contributed by atoms with Crippen molar-refractivity contribution in [3.8, 4) is 22.6 Å². The molecule has 0 aliphatic carbocycles. The zero-order valence-corrected chi connectivity index (χ0v) is 10.7. The van der Waals surface area contributed by atoms with Gasteiger partial charge in [0.2, 0.25) is 0 Å². The number of anilines is 1. The number of H-pyrrole nitrogens is 1. The quantitative estimate of drug-likeness (QED) is 0.910. The third kappa shape index (κ3) is 2.36. The minimum atomic E-state index is -4.58. The smallest absolute Gasteiger partial charge is 0.420 e. The van der Waals surface area contributed by atoms with Crippen molar-refractivity contribution in [2.75, 3.05) is 20.0 Å². The van der Waals surface area contributed by atoms with Crippen LogP contribution in [-0.2, 0) is 6.18 Å². The van der Waals surface area contributed by atoms with Gasteiger partial charge in [-0.25, -0.2) is 0 Å². The number of nitrogens with two attached hydrogens (primary N) is 1. The van der Waals surface area contributed by atoms with Gasteiger partial charge in [0.05, 0.1) is 20.4 Å². The van der Waals surface area contributed by atoms with Gasteiger partial charge < -0.3 is 15.2 Å². The van der Waals surface area contributed by atoms with Crippen molar-refractivity contribution in [1.82, 2.24) is 10.2 Å². The second-order valence-corrected chi connectivity index (χ2v) is 3.95. The molecule has 0 aliphatic rings. The highest BCUT2D eigenvalue weighted by atomic mass is 19.4. The van der Waals surface area contributed by atoms with Gasteiger partial charge in [0.15, 0.2) is 0 Å². The number of hydrogen-bond donors (Lipinski definition) is 2. The van der Waals surface area contributed by atoms with E-state index in [4.69, 9.17) is 15.2 Å². The van der Waals surface area contributed by atoms with E-state index < -0.39 is 11.7 Å². The van der Waals surface area contributed by atoms with Crippen LogP contribution in [0.25, 0.3) is 11.1 Å². The topological polar surface area (TPSA) is 73.2 Å². The molecule has 0 radical (unpaired) electrons. The molecule has 0 unspecified atom stereocenters. The lowest BCUT2D eigenvalue weighted by Crippen LogP contribution is -2.09. The number of aromatic amines is 1. The summed E-state index contributed by atoms with van der Waals surface area (Å²) in [6.45, 7) is 0. The normalized spacial score (nSPS) is 11.4. The number of ether oxygens (including phenoxy) is 2. The van der Waals surface area contributed by atoms with E-state index in [9.17, 15) is 13.2 Å². The van der Waals surface area contributed by atoms with Crippen molar-refractivity contribution in [1.29, 1.82) is 0 Å². The van der Waals surface area contributed by atoms with Crippen LogP contribution in [0.5, 0.6) is 11.5 Å². The monoisotopic (exact) mass is 287 g/mol. The van der Waals surface area contributed by atoms with Crippen LogP contribution in [0.3, 0.4) is 0 Å². The van der Waals surface area contributed by atoms with E-state index in [1.54, 1.807) is 0 Å². The van der Waals surface area contributed by atoms with E-state index in [-0.39, 0.29) is 22.9 Å². The van der Waals surface area contributed by atoms with Gasteiger partial charge in [-0.1, -0.05) is 0 Å². The maximum atomic E-state index is 13.1. The van der Waals surface area contributed by atoms with E-state index in [1.165, 1.54) is 19.4 Å². The molecular formula is C12H12F3N3O2. The molecule has 0 atom stereocenters. The average molecular weight is 287 g/mol. The number of hydrogen-bond acceptors (Lipinski definition) is 4. The fourth-order valence-corrected chi connectivity index (χ4v) is 1.86. The van der Waals surface area contributed by atoms with Gasteiger partial charge in [-0.2, -0.15) is 18.3 Å². The minimum Gasteiger partial charge on any atom is -0.497 e. The van der Waals surface area contributed by atoms with Crippen LogP contribution in [0.4, 0.5) is 19.0 Å². The van der Waals surface area contributed by atoms with Crippen LogP contribution in [0.1, 0.15) is 5.56 Å². The summed E-state index contributed by atoms with van der Waals surface area (Å²) in [5, 5.41) is 6.16. The Bertz CT molecular complexity index is 623. The second-order valence-electron chi connectivity index (χ2n) is 3.95. The third-order valence-corrected chi connectivity index (χ3v) is 2.77. The van der Waals surface area contributed by atoms with Gasteiger partial charge >= 0.3 is 6.18 Å². The molecule has 5 nitrogen and oxygen atoms in total. The fourth-order valence-electron chi connectivity index (χ4n) is 1.86. The average Bonchev–Trinajstić information content (AvgIpc) is 2.82. The summed E-state index contributed by atoms with van der Waals surface area (Å²) in [4.78, 5) is 0. The summed E-state index contributed by atoms with van der Waals surface area (Å²) in [5.74, 6) is -0.134. The Hall–Kier alpha value is -2.38. The number of aromatic nitrogens is 2. The first-order chi connectivity index (χ1) is 9.38. The first-order valence-corrected chi connectivity index (χ1v) is 5.51. The zero-order chi connectivity index (χ0) is 14.9. The van der Waals surface area contributed by atoms with Crippen molar-refractivity contribution >= 4 is 5.82 Å². The highest BCUT2D eigenvalue weighted by Crippen LogP contribution is 2.45. The number of halogens is 3. The van der Waals surface area contributed by atoms with Gasteiger partial charge in [0, 0.05) is 11.1 Å². The number of rotatable bonds is 3. The Kier molecular flexibility index (Phi) is 3.47. The first-order valence-electron chi connectivity index (χ1n) is 5.51. The molecule has 0 saturated carbocycles. The standard InChI is InChI=1S/C12H12F3N3O2/c1-19-6-3-7(8-5-17-18-11(8)16)10(20-2)9(4-6)12(13,14)15/h3-5H,1-2H3,(H3,16,17,18). The molecule has 8 heteroatoms. The second kappa shape index (κ2) is 4.95. The lowest BCUT2D eigenvalue weighted by molar-refractivity contribution is -0.138. The van der Waals surface area contributed by atoms with E-state index in [2.05, 4.69) is 10.2 Å². The molecular weight excluding hydrogens is 275 g/mol. The largest absolute Gasteiger partial charge is 0.497 e. The highest BCUT2D eigenvalue weighted by molar-refractivity contribution is 5.80. The Morgan fingerprint density at radius 3 is 2.30 bits per heavy atom. The van der Waals surface area contributed by atoms with Crippen molar-refractivity contribution in [3.05, 3.63) is 23.9 Å². The van der Waals surface area contributed by atoms with Crippen LogP contribution in [0, 0.1) is 0 Å². The van der Waals surface area contributed by atoms with Gasteiger partial charge in [-0.05, 0) is 12.1 Å². The molecule has 0 amide bonds. The van der Waals surface area contributed by atoms with Crippen LogP contribution in [0.15, 0.2) is 18.3 Å². The SMILES string of the molecule is COc1cc(-c2cn[nH]c2N)c(OC)c(C(F)(F)F)c1. The summed E-state index contributed by atoms with van der Waals surface area (Å²) in [7, 11) is 2.45. The van der Waals surface area contributed by atoms with E-state index >= 15 is 0 Å². The number of nitrogens with one attached hydrogen (secondary N) is 1. The maximum Gasteiger partial charge on any atom is 0.420 e. The van der Waals surface area contributed by atoms with Crippen molar-refractivity contribution in [2.24, 2.45) is 0 Å². The third-order valence-electron chi connectivity index (χ3n) is 2.77. The summed E-state index contributed by atoms with van der Waals surface area (Å²) in [6, 6.07) is 2.29. The molecule has 0 aliphatic heterocycles. The molecule has 0 spiro atoms. The van der Waals surface area contributed by atoms with Gasteiger partial charge in [-0.3, -0.25) is 5.10 Å². The van der Waals surface area contributed by atoms with Crippen LogP contribution in [0.2, 0.25) is 0 Å². The summed E-state index contributed by atoms with van der Waals surface area (Å²) in [5.41, 5.74) is 5.19. The van der Waals surface area contributed by atoms with Gasteiger partial charge in [0.1, 0.15) is 22.9 Å². The molecule has 20 heavy (non-hydrogen) atoms. The van der Waals surface area contributed by atoms with Crippen molar-refractivity contribution in [3.63, 3.8) is 0 Å². The summed E-state index contributed by atoms with van der Waals surface area (Å²) >= 11 is 0. The molecule has 0 bridgehead atoms. The molecule has 1 aromatic heterocycles. The highest BCUT2D eigenvalue weighted by Gasteiger charge is 2.36. The predicted octanol–water partition coefficient (Wildman–Crippen LogP) is 2.69. The Morgan fingerprint density at radius 1 is 1.15 bits per heavy atom. The summed E-state index contributed by atoms with van der Waals surface area (Å²) < 4.78 is 49.1. The Labute approximate surface area is 112 Å².